The molecule has 0 aliphatic carbocycles. The Hall–Kier alpha value is 0.130. The Morgan fingerprint density at radius 1 is 1.20 bits per heavy atom. The molecule has 0 bridgehead atoms. The van der Waals surface area contributed by atoms with Gasteiger partial charge in [-0.25, -0.2) is 0 Å². The molecule has 0 aliphatic heterocycles. The SMILES string of the molecule is Cc1ccc(C(Br)c2ccccc2I)s1. The van der Waals surface area contributed by atoms with Crippen molar-refractivity contribution in [3.8, 4) is 0 Å². The minimum absolute atomic E-state index is 0.323. The summed E-state index contributed by atoms with van der Waals surface area (Å²) in [5.74, 6) is 0. The average molecular weight is 393 g/mol. The van der Waals surface area contributed by atoms with E-state index in [4.69, 9.17) is 0 Å². The number of alkyl halides is 1. The largest absolute Gasteiger partial charge is 0.144 e. The van der Waals surface area contributed by atoms with Crippen LogP contribution in [0.1, 0.15) is 20.1 Å². The molecule has 0 spiro atoms. The van der Waals surface area contributed by atoms with Gasteiger partial charge in [-0.05, 0) is 53.3 Å². The fourth-order valence-electron chi connectivity index (χ4n) is 1.42. The molecule has 0 N–H and O–H groups in total. The van der Waals surface area contributed by atoms with Crippen LogP contribution in [0.3, 0.4) is 0 Å². The van der Waals surface area contributed by atoms with Crippen LogP contribution in [0.15, 0.2) is 36.4 Å². The van der Waals surface area contributed by atoms with Gasteiger partial charge in [0.25, 0.3) is 0 Å². The van der Waals surface area contributed by atoms with Gasteiger partial charge in [-0.1, -0.05) is 34.1 Å². The maximum absolute atomic E-state index is 3.76. The molecular formula is C12H10BrIS. The second kappa shape index (κ2) is 4.97. The summed E-state index contributed by atoms with van der Waals surface area (Å²) in [4.78, 5) is 3.06. The summed E-state index contributed by atoms with van der Waals surface area (Å²) < 4.78 is 1.31. The van der Waals surface area contributed by atoms with Crippen LogP contribution in [-0.2, 0) is 0 Å². The van der Waals surface area contributed by atoms with Crippen LogP contribution >= 0.6 is 49.9 Å². The zero-order chi connectivity index (χ0) is 10.8. The molecule has 1 unspecified atom stereocenters. The van der Waals surface area contributed by atoms with Crippen LogP contribution in [0.2, 0.25) is 0 Å². The van der Waals surface area contributed by atoms with Crippen molar-refractivity contribution in [1.29, 1.82) is 0 Å². The Morgan fingerprint density at radius 2 is 1.93 bits per heavy atom. The Kier molecular flexibility index (Phi) is 3.85. The standard InChI is InChI=1S/C12H10BrIS/c1-8-6-7-11(15-8)12(13)9-4-2-3-5-10(9)14/h2-7,12H,1H3. The van der Waals surface area contributed by atoms with Crippen LogP contribution < -0.4 is 0 Å². The van der Waals surface area contributed by atoms with Crippen LogP contribution in [0.4, 0.5) is 0 Å². The van der Waals surface area contributed by atoms with Gasteiger partial charge < -0.3 is 0 Å². The van der Waals surface area contributed by atoms with E-state index in [1.54, 1.807) is 0 Å². The van der Waals surface area contributed by atoms with E-state index in [0.717, 1.165) is 0 Å². The first-order chi connectivity index (χ1) is 7.18. The molecule has 78 valence electrons. The van der Waals surface area contributed by atoms with Crippen LogP contribution in [0.25, 0.3) is 0 Å². The first-order valence-corrected chi connectivity index (χ1v) is 7.44. The summed E-state index contributed by atoms with van der Waals surface area (Å²) in [6, 6.07) is 12.9. The third-order valence-corrected chi connectivity index (χ3v) is 5.53. The molecule has 0 saturated heterocycles. The van der Waals surface area contributed by atoms with Gasteiger partial charge in [0.15, 0.2) is 0 Å². The molecule has 0 nitrogen and oxygen atoms in total. The topological polar surface area (TPSA) is 0 Å². The van der Waals surface area contributed by atoms with Gasteiger partial charge in [0.05, 0.1) is 4.83 Å². The second-order valence-corrected chi connectivity index (χ2v) is 6.73. The van der Waals surface area contributed by atoms with Gasteiger partial charge in [0.2, 0.25) is 0 Å². The Morgan fingerprint density at radius 3 is 2.53 bits per heavy atom. The summed E-state index contributed by atoms with van der Waals surface area (Å²) >= 11 is 8.00. The van der Waals surface area contributed by atoms with Crippen LogP contribution in [0, 0.1) is 10.5 Å². The fraction of sp³-hybridized carbons (Fsp3) is 0.167. The number of hydrogen-bond donors (Lipinski definition) is 0. The molecule has 1 atom stereocenters. The molecule has 0 amide bonds. The molecule has 0 saturated carbocycles. The van der Waals surface area contributed by atoms with E-state index < -0.39 is 0 Å². The smallest absolute Gasteiger partial charge is 0.0748 e. The predicted octanol–water partition coefficient (Wildman–Crippen LogP) is 5.15. The van der Waals surface area contributed by atoms with Gasteiger partial charge in [0, 0.05) is 13.3 Å². The molecule has 0 radical (unpaired) electrons. The quantitative estimate of drug-likeness (QED) is 0.490. The van der Waals surface area contributed by atoms with E-state index in [-0.39, 0.29) is 0 Å². The maximum atomic E-state index is 3.76. The third-order valence-electron chi connectivity index (χ3n) is 2.19. The van der Waals surface area contributed by atoms with E-state index in [0.29, 0.717) is 4.83 Å². The van der Waals surface area contributed by atoms with E-state index in [1.165, 1.54) is 18.9 Å². The Balaban J connectivity index is 2.36. The summed E-state index contributed by atoms with van der Waals surface area (Å²) in [7, 11) is 0. The van der Waals surface area contributed by atoms with Crippen molar-refractivity contribution in [2.24, 2.45) is 0 Å². The van der Waals surface area contributed by atoms with Crippen molar-refractivity contribution in [1.82, 2.24) is 0 Å². The fourth-order valence-corrected chi connectivity index (χ4v) is 4.26. The number of rotatable bonds is 2. The highest BCUT2D eigenvalue weighted by Crippen LogP contribution is 2.36. The van der Waals surface area contributed by atoms with Gasteiger partial charge >= 0.3 is 0 Å². The molecule has 0 fully saturated rings. The monoisotopic (exact) mass is 392 g/mol. The second-order valence-electron chi connectivity index (χ2n) is 3.33. The van der Waals surface area contributed by atoms with E-state index in [2.05, 4.69) is 81.8 Å². The number of hydrogen-bond acceptors (Lipinski definition) is 1. The average Bonchev–Trinajstić information content (AvgIpc) is 2.65. The lowest BCUT2D eigenvalue weighted by atomic mass is 10.1. The number of benzene rings is 1. The van der Waals surface area contributed by atoms with Crippen molar-refractivity contribution >= 4 is 49.9 Å². The minimum Gasteiger partial charge on any atom is -0.144 e. The van der Waals surface area contributed by atoms with E-state index in [9.17, 15) is 0 Å². The molecule has 1 heterocycles. The molecule has 2 aromatic rings. The van der Waals surface area contributed by atoms with Crippen molar-refractivity contribution in [2.45, 2.75) is 11.8 Å². The molecule has 3 heteroatoms. The first-order valence-electron chi connectivity index (χ1n) is 4.63. The number of thiophene rings is 1. The van der Waals surface area contributed by atoms with Crippen molar-refractivity contribution < 1.29 is 0 Å². The Labute approximate surface area is 116 Å². The lowest BCUT2D eigenvalue weighted by Crippen LogP contribution is -1.92. The predicted molar refractivity (Wildman–Crippen MR) is 79.0 cm³/mol. The normalized spacial score (nSPS) is 12.7. The minimum atomic E-state index is 0.323. The van der Waals surface area contributed by atoms with Gasteiger partial charge in [-0.3, -0.25) is 0 Å². The number of halogens is 2. The van der Waals surface area contributed by atoms with Crippen LogP contribution in [-0.4, -0.2) is 0 Å². The van der Waals surface area contributed by atoms with Crippen LogP contribution in [0.5, 0.6) is 0 Å². The lowest BCUT2D eigenvalue weighted by Gasteiger charge is -2.09. The highest BCUT2D eigenvalue weighted by molar-refractivity contribution is 14.1. The van der Waals surface area contributed by atoms with Gasteiger partial charge in [-0.2, -0.15) is 0 Å². The van der Waals surface area contributed by atoms with Crippen molar-refractivity contribution in [2.75, 3.05) is 0 Å². The maximum Gasteiger partial charge on any atom is 0.0748 e. The van der Waals surface area contributed by atoms with E-state index in [1.807, 2.05) is 11.3 Å². The molecule has 2 rings (SSSR count). The zero-order valence-electron chi connectivity index (χ0n) is 8.21. The molecule has 15 heavy (non-hydrogen) atoms. The Bertz CT molecular complexity index is 464. The summed E-state index contributed by atoms with van der Waals surface area (Å²) in [5, 5.41) is 0. The third kappa shape index (κ3) is 2.63. The summed E-state index contributed by atoms with van der Waals surface area (Å²) in [6.45, 7) is 2.14. The zero-order valence-corrected chi connectivity index (χ0v) is 12.8. The lowest BCUT2D eigenvalue weighted by molar-refractivity contribution is 1.21. The molecular weight excluding hydrogens is 383 g/mol. The van der Waals surface area contributed by atoms with Crippen molar-refractivity contribution in [3.63, 3.8) is 0 Å². The first kappa shape index (κ1) is 11.6. The van der Waals surface area contributed by atoms with Gasteiger partial charge in [-0.15, -0.1) is 11.3 Å². The molecule has 1 aromatic carbocycles. The highest BCUT2D eigenvalue weighted by Gasteiger charge is 2.14. The van der Waals surface area contributed by atoms with Crippen molar-refractivity contribution in [3.05, 3.63) is 55.3 Å². The van der Waals surface area contributed by atoms with E-state index >= 15 is 0 Å². The number of aryl methyl sites for hydroxylation is 1. The highest BCUT2D eigenvalue weighted by atomic mass is 127. The molecule has 0 aliphatic rings. The molecule has 1 aromatic heterocycles. The van der Waals surface area contributed by atoms with Gasteiger partial charge in [0.1, 0.15) is 0 Å². The summed E-state index contributed by atoms with van der Waals surface area (Å²) in [6.07, 6.45) is 0. The summed E-state index contributed by atoms with van der Waals surface area (Å²) in [5.41, 5.74) is 1.35.